The van der Waals surface area contributed by atoms with Crippen LogP contribution in [0.1, 0.15) is 145 Å². The maximum Gasteiger partial charge on any atom is 0.449 e. The standard InChI is InChI=1S/C37H57F3O5/c1-31(2,21-29(42)43)22-30(44)45-28-14-16-33(5)25(32(28,3)4)12-17-35(7)26(33)11-10-23-24-9-8-15-36(24,20-19-34(23,35)6)18-13-27(41)37(38,39)40/h23-26,28H,8-22H2,1-7H3,(H,42,43)/t23-,24-,25?,26?,28+,33+,34-,35-,36+/m1/s1. The lowest BCUT2D eigenvalue weighted by Crippen LogP contribution is -2.66. The second-order valence-electron chi connectivity index (χ2n) is 18.2. The summed E-state index contributed by atoms with van der Waals surface area (Å²) in [6, 6.07) is 0. The molecule has 2 unspecified atom stereocenters. The number of carbonyl (C=O) groups excluding carboxylic acids is 2. The minimum absolute atomic E-state index is 0.0788. The summed E-state index contributed by atoms with van der Waals surface area (Å²) in [4.78, 5) is 36.3. The molecule has 5 nitrogen and oxygen atoms in total. The zero-order valence-corrected chi connectivity index (χ0v) is 28.7. The fraction of sp³-hybridized carbons (Fsp3) is 0.919. The Labute approximate surface area is 268 Å². The molecule has 1 N–H and O–H groups in total. The van der Waals surface area contributed by atoms with E-state index in [1.807, 2.05) is 0 Å². The number of hydrogen-bond donors (Lipinski definition) is 1. The number of esters is 1. The number of fused-ring (bicyclic) bond motifs is 7. The van der Waals surface area contributed by atoms with Gasteiger partial charge in [0.05, 0.1) is 12.8 Å². The number of aliphatic carboxylic acids is 1. The Kier molecular flexibility index (Phi) is 8.68. The summed E-state index contributed by atoms with van der Waals surface area (Å²) in [5, 5.41) is 9.26. The van der Waals surface area contributed by atoms with Gasteiger partial charge in [0.15, 0.2) is 0 Å². The molecule has 5 saturated carbocycles. The van der Waals surface area contributed by atoms with Crippen LogP contribution in [0.4, 0.5) is 13.2 Å². The summed E-state index contributed by atoms with van der Waals surface area (Å²) < 4.78 is 45.6. The normalized spacial score (nSPS) is 42.5. The Morgan fingerprint density at radius 1 is 0.778 bits per heavy atom. The van der Waals surface area contributed by atoms with Crippen molar-refractivity contribution in [3.63, 3.8) is 0 Å². The van der Waals surface area contributed by atoms with Crippen molar-refractivity contribution in [1.29, 1.82) is 0 Å². The molecule has 0 aromatic carbocycles. The second kappa shape index (κ2) is 11.2. The molecule has 45 heavy (non-hydrogen) atoms. The summed E-state index contributed by atoms with van der Waals surface area (Å²) in [5.74, 6) is -0.988. The van der Waals surface area contributed by atoms with E-state index in [1.54, 1.807) is 13.8 Å². The fourth-order valence-electron chi connectivity index (χ4n) is 12.9. The van der Waals surface area contributed by atoms with Crippen LogP contribution in [0.2, 0.25) is 0 Å². The van der Waals surface area contributed by atoms with Crippen molar-refractivity contribution in [3.05, 3.63) is 0 Å². The minimum Gasteiger partial charge on any atom is -0.481 e. The number of carboxylic acid groups (broad SMARTS) is 1. The Balaban J connectivity index is 1.33. The molecule has 5 rings (SSSR count). The first-order valence-corrected chi connectivity index (χ1v) is 17.6. The van der Waals surface area contributed by atoms with Gasteiger partial charge >= 0.3 is 18.1 Å². The maximum atomic E-state index is 13.1. The minimum atomic E-state index is -4.74. The van der Waals surface area contributed by atoms with E-state index >= 15 is 0 Å². The molecule has 0 aliphatic heterocycles. The lowest BCUT2D eigenvalue weighted by atomic mass is 9.32. The van der Waals surface area contributed by atoms with E-state index in [4.69, 9.17) is 4.74 Å². The zero-order chi connectivity index (χ0) is 33.4. The molecule has 5 aliphatic carbocycles. The van der Waals surface area contributed by atoms with Crippen LogP contribution >= 0.6 is 0 Å². The molecule has 0 radical (unpaired) electrons. The van der Waals surface area contributed by atoms with Gasteiger partial charge in [0.25, 0.3) is 0 Å². The monoisotopic (exact) mass is 638 g/mol. The maximum absolute atomic E-state index is 13.1. The van der Waals surface area contributed by atoms with E-state index in [0.717, 1.165) is 70.6 Å². The topological polar surface area (TPSA) is 80.7 Å². The van der Waals surface area contributed by atoms with Crippen molar-refractivity contribution in [2.24, 2.45) is 56.2 Å². The predicted molar refractivity (Wildman–Crippen MR) is 166 cm³/mol. The largest absolute Gasteiger partial charge is 0.481 e. The Bertz CT molecular complexity index is 1190. The summed E-state index contributed by atoms with van der Waals surface area (Å²) in [5.41, 5.74) is -0.673. The van der Waals surface area contributed by atoms with Crippen molar-refractivity contribution >= 4 is 17.7 Å². The van der Waals surface area contributed by atoms with Crippen molar-refractivity contribution in [2.45, 2.75) is 157 Å². The van der Waals surface area contributed by atoms with Gasteiger partial charge in [-0.15, -0.1) is 0 Å². The van der Waals surface area contributed by atoms with Crippen LogP contribution in [0.5, 0.6) is 0 Å². The highest BCUT2D eigenvalue weighted by atomic mass is 19.4. The zero-order valence-electron chi connectivity index (χ0n) is 28.7. The van der Waals surface area contributed by atoms with Crippen molar-refractivity contribution in [2.75, 3.05) is 0 Å². The molecule has 256 valence electrons. The van der Waals surface area contributed by atoms with E-state index in [1.165, 1.54) is 0 Å². The smallest absolute Gasteiger partial charge is 0.449 e. The third-order valence-corrected chi connectivity index (χ3v) is 15.2. The van der Waals surface area contributed by atoms with E-state index in [-0.39, 0.29) is 58.4 Å². The van der Waals surface area contributed by atoms with Gasteiger partial charge in [-0.1, -0.05) is 54.9 Å². The average Bonchev–Trinajstić information content (AvgIpc) is 3.32. The van der Waals surface area contributed by atoms with Crippen molar-refractivity contribution in [3.8, 4) is 0 Å². The van der Waals surface area contributed by atoms with Crippen LogP contribution in [0.25, 0.3) is 0 Å². The molecule has 0 amide bonds. The highest BCUT2D eigenvalue weighted by molar-refractivity contribution is 5.84. The third kappa shape index (κ3) is 5.68. The van der Waals surface area contributed by atoms with Crippen molar-refractivity contribution < 1.29 is 37.4 Å². The SMILES string of the molecule is CC(C)(CC(=O)O)CC(=O)O[C@H]1CC[C@@]2(C)C(CC[C@]3(C)C2CC[C@@H]2[C@H]4CCC[C@]4(CCC(=O)C(F)(F)F)CC[C@]23C)C1(C)C. The molecule has 9 atom stereocenters. The summed E-state index contributed by atoms with van der Waals surface area (Å²) >= 11 is 0. The van der Waals surface area contributed by atoms with Gasteiger partial charge in [-0.05, 0) is 121 Å². The molecule has 0 bridgehead atoms. The molecule has 0 saturated heterocycles. The molecular weight excluding hydrogens is 581 g/mol. The van der Waals surface area contributed by atoms with Gasteiger partial charge < -0.3 is 9.84 Å². The lowest BCUT2D eigenvalue weighted by Gasteiger charge is -2.72. The van der Waals surface area contributed by atoms with Crippen LogP contribution < -0.4 is 0 Å². The van der Waals surface area contributed by atoms with Crippen molar-refractivity contribution in [1.82, 2.24) is 0 Å². The number of hydrogen-bond acceptors (Lipinski definition) is 4. The van der Waals surface area contributed by atoms with Crippen LogP contribution in [0, 0.1) is 56.2 Å². The molecule has 5 aliphatic rings. The van der Waals surface area contributed by atoms with Crippen LogP contribution in [-0.4, -0.2) is 35.1 Å². The number of alkyl halides is 3. The molecular formula is C37H57F3O5. The highest BCUT2D eigenvalue weighted by Crippen LogP contribution is 2.77. The quantitative estimate of drug-likeness (QED) is 0.268. The Morgan fingerprint density at radius 3 is 2.11 bits per heavy atom. The van der Waals surface area contributed by atoms with Crippen LogP contribution in [0.3, 0.4) is 0 Å². The van der Waals surface area contributed by atoms with E-state index in [0.29, 0.717) is 30.1 Å². The van der Waals surface area contributed by atoms with Gasteiger partial charge in [0, 0.05) is 11.8 Å². The van der Waals surface area contributed by atoms with Crippen LogP contribution in [0.15, 0.2) is 0 Å². The summed E-state index contributed by atoms with van der Waals surface area (Å²) in [6.45, 7) is 15.7. The number of ether oxygens (including phenoxy) is 1. The predicted octanol–water partition coefficient (Wildman–Crippen LogP) is 9.56. The second-order valence-corrected chi connectivity index (χ2v) is 18.2. The Hall–Kier alpha value is -1.60. The van der Waals surface area contributed by atoms with E-state index in [2.05, 4.69) is 34.6 Å². The van der Waals surface area contributed by atoms with E-state index < -0.39 is 23.3 Å². The molecule has 0 spiro atoms. The lowest BCUT2D eigenvalue weighted by molar-refractivity contribution is -0.249. The van der Waals surface area contributed by atoms with Gasteiger partial charge in [-0.3, -0.25) is 14.4 Å². The average molecular weight is 639 g/mol. The molecule has 0 aromatic rings. The third-order valence-electron chi connectivity index (χ3n) is 15.2. The molecule has 0 heterocycles. The number of rotatable bonds is 8. The number of carbonyl (C=O) groups is 3. The van der Waals surface area contributed by atoms with Gasteiger partial charge in [-0.2, -0.15) is 13.2 Å². The molecule has 0 aromatic heterocycles. The number of ketones is 1. The first kappa shape index (κ1) is 34.7. The van der Waals surface area contributed by atoms with Gasteiger partial charge in [0.2, 0.25) is 5.78 Å². The fourth-order valence-corrected chi connectivity index (χ4v) is 12.9. The Morgan fingerprint density at radius 2 is 1.47 bits per heavy atom. The number of halogens is 3. The van der Waals surface area contributed by atoms with Crippen LogP contribution in [-0.2, 0) is 19.1 Å². The summed E-state index contributed by atoms with van der Waals surface area (Å²) in [6.07, 6.45) is 6.30. The number of Topliss-reactive ketones (excluding diaryl/α,β-unsaturated/α-hetero) is 1. The highest BCUT2D eigenvalue weighted by Gasteiger charge is 2.70. The van der Waals surface area contributed by atoms with Gasteiger partial charge in [0.1, 0.15) is 6.10 Å². The first-order valence-electron chi connectivity index (χ1n) is 17.6. The first-order chi connectivity index (χ1) is 20.6. The molecule has 5 fully saturated rings. The van der Waals surface area contributed by atoms with E-state index in [9.17, 15) is 32.7 Å². The van der Waals surface area contributed by atoms with Gasteiger partial charge in [-0.25, -0.2) is 0 Å². The summed E-state index contributed by atoms with van der Waals surface area (Å²) in [7, 11) is 0. The number of carboxylic acids is 1. The molecule has 8 heteroatoms.